The third-order valence-corrected chi connectivity index (χ3v) is 9.57. The SMILES string of the molecule is COC[C@@]1(O)CC[C@H]2[C@H](CC[C@@H]3[C@@H]2CC[C@]2(C)[C@@H](C(C)CO)CC[C@@H]32)C1. The normalized spacial score (nSPS) is 52.0. The molecule has 26 heavy (non-hydrogen) atoms. The Kier molecular flexibility index (Phi) is 5.20. The van der Waals surface area contributed by atoms with Gasteiger partial charge in [0.15, 0.2) is 0 Å². The minimum Gasteiger partial charge on any atom is -0.396 e. The second-order valence-corrected chi connectivity index (χ2v) is 10.7. The maximum Gasteiger partial charge on any atom is 0.0882 e. The lowest BCUT2D eigenvalue weighted by molar-refractivity contribution is -0.126. The number of rotatable bonds is 4. The van der Waals surface area contributed by atoms with E-state index >= 15 is 0 Å². The molecule has 2 N–H and O–H groups in total. The van der Waals surface area contributed by atoms with Crippen molar-refractivity contribution >= 4 is 0 Å². The Morgan fingerprint density at radius 1 is 1.00 bits per heavy atom. The molecule has 3 nitrogen and oxygen atoms in total. The summed E-state index contributed by atoms with van der Waals surface area (Å²) in [6.07, 6.45) is 11.2. The molecule has 0 heterocycles. The van der Waals surface area contributed by atoms with Gasteiger partial charge in [0.25, 0.3) is 0 Å². The van der Waals surface area contributed by atoms with Crippen molar-refractivity contribution in [3.05, 3.63) is 0 Å². The van der Waals surface area contributed by atoms with Crippen molar-refractivity contribution in [1.29, 1.82) is 0 Å². The van der Waals surface area contributed by atoms with E-state index in [1.807, 2.05) is 0 Å². The summed E-state index contributed by atoms with van der Waals surface area (Å²) in [6.45, 7) is 5.68. The minimum atomic E-state index is -0.569. The predicted octanol–water partition coefficient (Wildman–Crippen LogP) is 4.26. The number of hydrogen-bond donors (Lipinski definition) is 2. The number of aliphatic hydroxyl groups excluding tert-OH is 1. The molecule has 0 saturated heterocycles. The highest BCUT2D eigenvalue weighted by Gasteiger charge is 2.58. The standard InChI is InChI=1S/C23H40O3/c1-15(13-24)20-6-7-21-19-5-4-16-12-23(25,14-26-3)11-9-17(16)18(19)8-10-22(20,21)2/h15-21,24-25H,4-14H2,1-3H3/t15?,16-,17+,18-,19-,20-,21+,22-,23-/m1/s1. The van der Waals surface area contributed by atoms with Gasteiger partial charge >= 0.3 is 0 Å². The first-order valence-electron chi connectivity index (χ1n) is 11.2. The van der Waals surface area contributed by atoms with Gasteiger partial charge in [0.1, 0.15) is 0 Å². The Morgan fingerprint density at radius 3 is 2.50 bits per heavy atom. The van der Waals surface area contributed by atoms with E-state index in [1.54, 1.807) is 7.11 Å². The summed E-state index contributed by atoms with van der Waals surface area (Å²) in [7, 11) is 1.72. The van der Waals surface area contributed by atoms with Crippen LogP contribution in [0.2, 0.25) is 0 Å². The summed E-state index contributed by atoms with van der Waals surface area (Å²) < 4.78 is 5.32. The van der Waals surface area contributed by atoms with E-state index in [2.05, 4.69) is 13.8 Å². The van der Waals surface area contributed by atoms with Crippen LogP contribution in [0.15, 0.2) is 0 Å². The van der Waals surface area contributed by atoms with E-state index in [0.29, 0.717) is 36.4 Å². The summed E-state index contributed by atoms with van der Waals surface area (Å²) in [6, 6.07) is 0. The van der Waals surface area contributed by atoms with Crippen LogP contribution in [0.4, 0.5) is 0 Å². The van der Waals surface area contributed by atoms with Gasteiger partial charge in [0.2, 0.25) is 0 Å². The van der Waals surface area contributed by atoms with Crippen molar-refractivity contribution < 1.29 is 14.9 Å². The smallest absolute Gasteiger partial charge is 0.0882 e. The van der Waals surface area contributed by atoms with Crippen molar-refractivity contribution in [1.82, 2.24) is 0 Å². The minimum absolute atomic E-state index is 0.351. The molecule has 0 aromatic carbocycles. The molecule has 4 aliphatic carbocycles. The maximum absolute atomic E-state index is 10.9. The largest absolute Gasteiger partial charge is 0.396 e. The van der Waals surface area contributed by atoms with Crippen LogP contribution in [0.25, 0.3) is 0 Å². The van der Waals surface area contributed by atoms with E-state index in [4.69, 9.17) is 4.74 Å². The molecule has 9 atom stereocenters. The molecule has 0 radical (unpaired) electrons. The Labute approximate surface area is 159 Å². The molecule has 0 aliphatic heterocycles. The molecule has 0 aromatic rings. The molecule has 0 bridgehead atoms. The van der Waals surface area contributed by atoms with E-state index < -0.39 is 5.60 Å². The quantitative estimate of drug-likeness (QED) is 0.783. The molecule has 4 rings (SSSR count). The zero-order valence-electron chi connectivity index (χ0n) is 17.1. The topological polar surface area (TPSA) is 49.7 Å². The van der Waals surface area contributed by atoms with Gasteiger partial charge in [0, 0.05) is 13.7 Å². The monoisotopic (exact) mass is 364 g/mol. The van der Waals surface area contributed by atoms with Crippen LogP contribution in [-0.4, -0.2) is 36.1 Å². The highest BCUT2D eigenvalue weighted by molar-refractivity contribution is 5.07. The van der Waals surface area contributed by atoms with Crippen molar-refractivity contribution in [3.63, 3.8) is 0 Å². The molecular formula is C23H40O3. The van der Waals surface area contributed by atoms with Crippen molar-refractivity contribution in [2.24, 2.45) is 46.8 Å². The van der Waals surface area contributed by atoms with Crippen LogP contribution in [0, 0.1) is 46.8 Å². The Bertz CT molecular complexity index is 508. The van der Waals surface area contributed by atoms with Gasteiger partial charge < -0.3 is 14.9 Å². The van der Waals surface area contributed by atoms with Crippen LogP contribution in [0.5, 0.6) is 0 Å². The average Bonchev–Trinajstić information content (AvgIpc) is 2.98. The molecule has 4 aliphatic rings. The molecule has 4 saturated carbocycles. The van der Waals surface area contributed by atoms with Gasteiger partial charge in [-0.25, -0.2) is 0 Å². The summed E-state index contributed by atoms with van der Waals surface area (Å²) in [4.78, 5) is 0. The highest BCUT2D eigenvalue weighted by Crippen LogP contribution is 2.65. The summed E-state index contributed by atoms with van der Waals surface area (Å²) in [5, 5.41) is 20.6. The summed E-state index contributed by atoms with van der Waals surface area (Å²) in [5.74, 6) is 5.39. The van der Waals surface area contributed by atoms with Crippen molar-refractivity contribution in [3.8, 4) is 0 Å². The van der Waals surface area contributed by atoms with E-state index in [9.17, 15) is 10.2 Å². The molecule has 0 spiro atoms. The maximum atomic E-state index is 10.9. The average molecular weight is 365 g/mol. The van der Waals surface area contributed by atoms with Gasteiger partial charge in [-0.05, 0) is 105 Å². The van der Waals surface area contributed by atoms with Crippen molar-refractivity contribution in [2.75, 3.05) is 20.3 Å². The fourth-order valence-corrected chi connectivity index (χ4v) is 8.46. The summed E-state index contributed by atoms with van der Waals surface area (Å²) in [5.41, 5.74) is -0.109. The first-order chi connectivity index (χ1) is 12.4. The second kappa shape index (κ2) is 7.04. The molecule has 1 unspecified atom stereocenters. The lowest BCUT2D eigenvalue weighted by Gasteiger charge is -2.57. The van der Waals surface area contributed by atoms with Crippen LogP contribution in [0.3, 0.4) is 0 Å². The number of methoxy groups -OCH3 is 1. The van der Waals surface area contributed by atoms with Crippen LogP contribution in [-0.2, 0) is 4.74 Å². The Hall–Kier alpha value is -0.120. The molecule has 150 valence electrons. The molecule has 0 amide bonds. The highest BCUT2D eigenvalue weighted by atomic mass is 16.5. The molecule has 0 aromatic heterocycles. The fourth-order valence-electron chi connectivity index (χ4n) is 8.46. The van der Waals surface area contributed by atoms with E-state index in [-0.39, 0.29) is 0 Å². The zero-order chi connectivity index (χ0) is 18.5. The third kappa shape index (κ3) is 2.97. The lowest BCUT2D eigenvalue weighted by atomic mass is 9.48. The van der Waals surface area contributed by atoms with Gasteiger partial charge in [-0.2, -0.15) is 0 Å². The number of hydrogen-bond acceptors (Lipinski definition) is 3. The third-order valence-electron chi connectivity index (χ3n) is 9.57. The van der Waals surface area contributed by atoms with E-state index in [1.165, 1.54) is 44.9 Å². The lowest BCUT2D eigenvalue weighted by Crippen LogP contribution is -2.52. The molecule has 4 fully saturated rings. The van der Waals surface area contributed by atoms with Crippen molar-refractivity contribution in [2.45, 2.75) is 77.2 Å². The molecular weight excluding hydrogens is 324 g/mol. The van der Waals surface area contributed by atoms with Crippen LogP contribution in [0.1, 0.15) is 71.6 Å². The number of ether oxygens (including phenoxy) is 1. The number of fused-ring (bicyclic) bond motifs is 5. The summed E-state index contributed by atoms with van der Waals surface area (Å²) >= 11 is 0. The Balaban J connectivity index is 1.49. The van der Waals surface area contributed by atoms with Gasteiger partial charge in [-0.15, -0.1) is 0 Å². The first kappa shape index (κ1) is 19.2. The zero-order valence-corrected chi connectivity index (χ0v) is 17.1. The van der Waals surface area contributed by atoms with Gasteiger partial charge in [0.05, 0.1) is 12.2 Å². The number of aliphatic hydroxyl groups is 2. The second-order valence-electron chi connectivity index (χ2n) is 10.7. The van der Waals surface area contributed by atoms with Crippen LogP contribution >= 0.6 is 0 Å². The van der Waals surface area contributed by atoms with Crippen LogP contribution < -0.4 is 0 Å². The predicted molar refractivity (Wildman–Crippen MR) is 104 cm³/mol. The van der Waals surface area contributed by atoms with Gasteiger partial charge in [-0.3, -0.25) is 0 Å². The van der Waals surface area contributed by atoms with E-state index in [0.717, 1.165) is 36.5 Å². The molecule has 3 heteroatoms. The van der Waals surface area contributed by atoms with Gasteiger partial charge in [-0.1, -0.05) is 13.8 Å². The fraction of sp³-hybridized carbons (Fsp3) is 1.00. The Morgan fingerprint density at radius 2 is 1.77 bits per heavy atom. The first-order valence-corrected chi connectivity index (χ1v) is 11.2.